The Morgan fingerprint density at radius 3 is 2.50 bits per heavy atom. The zero-order valence-corrected chi connectivity index (χ0v) is 20.2. The Balaban J connectivity index is 1.53. The lowest BCUT2D eigenvalue weighted by atomic mass is 9.86. The first kappa shape index (κ1) is 24.3. The molecule has 2 aromatic rings. The van der Waals surface area contributed by atoms with Crippen LogP contribution in [-0.4, -0.2) is 44.9 Å². The molecular weight excluding hydrogens is 424 g/mol. The molecule has 0 spiro atoms. The molecule has 0 aromatic heterocycles. The third-order valence-corrected chi connectivity index (χ3v) is 7.65. The molecule has 1 N–H and O–H groups in total. The lowest BCUT2D eigenvalue weighted by Crippen LogP contribution is -2.46. The molecule has 1 aliphatic rings. The zero-order chi connectivity index (χ0) is 23.4. The van der Waals surface area contributed by atoms with Crippen LogP contribution in [0.2, 0.25) is 0 Å². The highest BCUT2D eigenvalue weighted by molar-refractivity contribution is 7.89. The summed E-state index contributed by atoms with van der Waals surface area (Å²) in [6, 6.07) is 14.8. The Labute approximate surface area is 192 Å². The maximum atomic E-state index is 13.0. The van der Waals surface area contributed by atoms with Gasteiger partial charge in [-0.25, -0.2) is 8.42 Å². The SMILES string of the molecule is Cc1ccc(S(=O)(=O)N2CCC[C@H](C(=O)NCCOc3ccccc3C(C)(C)C)C2)cc1. The first-order chi connectivity index (χ1) is 15.1. The molecule has 174 valence electrons. The van der Waals surface area contributed by atoms with Crippen LogP contribution in [0, 0.1) is 12.8 Å². The third kappa shape index (κ3) is 5.90. The van der Waals surface area contributed by atoms with Crippen LogP contribution in [0.1, 0.15) is 44.7 Å². The van der Waals surface area contributed by atoms with Crippen molar-refractivity contribution in [2.45, 2.75) is 50.8 Å². The van der Waals surface area contributed by atoms with Crippen molar-refractivity contribution in [3.8, 4) is 5.75 Å². The quantitative estimate of drug-likeness (QED) is 0.639. The van der Waals surface area contributed by atoms with Gasteiger partial charge in [0.15, 0.2) is 0 Å². The fourth-order valence-corrected chi connectivity index (χ4v) is 5.45. The Bertz CT molecular complexity index is 1030. The molecule has 6 nitrogen and oxygen atoms in total. The summed E-state index contributed by atoms with van der Waals surface area (Å²) in [5.74, 6) is 0.342. The lowest BCUT2D eigenvalue weighted by molar-refractivity contribution is -0.126. The molecule has 0 unspecified atom stereocenters. The highest BCUT2D eigenvalue weighted by atomic mass is 32.2. The predicted octanol–water partition coefficient (Wildman–Crippen LogP) is 3.89. The van der Waals surface area contributed by atoms with E-state index in [-0.39, 0.29) is 28.7 Å². The summed E-state index contributed by atoms with van der Waals surface area (Å²) in [6.07, 6.45) is 1.35. The van der Waals surface area contributed by atoms with Crippen LogP contribution < -0.4 is 10.1 Å². The predicted molar refractivity (Wildman–Crippen MR) is 126 cm³/mol. The fourth-order valence-electron chi connectivity index (χ4n) is 3.93. The zero-order valence-electron chi connectivity index (χ0n) is 19.4. The van der Waals surface area contributed by atoms with Crippen LogP contribution in [0.25, 0.3) is 0 Å². The number of benzene rings is 2. The number of ether oxygens (including phenoxy) is 1. The van der Waals surface area contributed by atoms with Gasteiger partial charge in [0, 0.05) is 13.1 Å². The van der Waals surface area contributed by atoms with Gasteiger partial charge in [-0.3, -0.25) is 4.79 Å². The number of carbonyl (C=O) groups is 1. The van der Waals surface area contributed by atoms with Crippen LogP contribution in [0.3, 0.4) is 0 Å². The van der Waals surface area contributed by atoms with Gasteiger partial charge in [0.25, 0.3) is 0 Å². The molecule has 0 aliphatic carbocycles. The van der Waals surface area contributed by atoms with Crippen molar-refractivity contribution in [2.24, 2.45) is 5.92 Å². The minimum atomic E-state index is -3.60. The smallest absolute Gasteiger partial charge is 0.243 e. The van der Waals surface area contributed by atoms with E-state index >= 15 is 0 Å². The van der Waals surface area contributed by atoms with E-state index in [2.05, 4.69) is 32.2 Å². The molecule has 0 radical (unpaired) electrons. The van der Waals surface area contributed by atoms with Gasteiger partial charge in [0.05, 0.1) is 17.4 Å². The van der Waals surface area contributed by atoms with E-state index in [9.17, 15) is 13.2 Å². The number of piperidine rings is 1. The Morgan fingerprint density at radius 2 is 1.81 bits per heavy atom. The molecule has 1 amide bonds. The molecular formula is C25H34N2O4S. The minimum Gasteiger partial charge on any atom is -0.491 e. The van der Waals surface area contributed by atoms with Crippen molar-refractivity contribution in [3.05, 3.63) is 59.7 Å². The summed E-state index contributed by atoms with van der Waals surface area (Å²) in [4.78, 5) is 13.0. The fraction of sp³-hybridized carbons (Fsp3) is 0.480. The van der Waals surface area contributed by atoms with Gasteiger partial charge in [-0.2, -0.15) is 4.31 Å². The number of nitrogens with one attached hydrogen (secondary N) is 1. The van der Waals surface area contributed by atoms with Crippen LogP contribution in [-0.2, 0) is 20.2 Å². The summed E-state index contributed by atoms with van der Waals surface area (Å²) in [7, 11) is -3.60. The molecule has 1 atom stereocenters. The standard InChI is InChI=1S/C25H34N2O4S/c1-19-11-13-21(14-12-19)32(29,30)27-16-7-8-20(18-27)24(28)26-15-17-31-23-10-6-5-9-22(23)25(2,3)4/h5-6,9-14,20H,7-8,15-18H2,1-4H3,(H,26,28)/t20-/m0/s1. The second-order valence-corrected chi connectivity index (χ2v) is 11.3. The van der Waals surface area contributed by atoms with Crippen LogP contribution in [0.15, 0.2) is 53.4 Å². The van der Waals surface area contributed by atoms with E-state index in [1.54, 1.807) is 24.3 Å². The summed E-state index contributed by atoms with van der Waals surface area (Å²) >= 11 is 0. The summed E-state index contributed by atoms with van der Waals surface area (Å²) in [6.45, 7) is 9.70. The highest BCUT2D eigenvalue weighted by Gasteiger charge is 2.33. The minimum absolute atomic E-state index is 0.0334. The van der Waals surface area contributed by atoms with Crippen molar-refractivity contribution in [1.82, 2.24) is 9.62 Å². The van der Waals surface area contributed by atoms with Gasteiger partial charge in [-0.05, 0) is 48.9 Å². The van der Waals surface area contributed by atoms with Crippen molar-refractivity contribution in [1.29, 1.82) is 0 Å². The topological polar surface area (TPSA) is 75.7 Å². The van der Waals surface area contributed by atoms with E-state index in [0.717, 1.165) is 16.9 Å². The summed E-state index contributed by atoms with van der Waals surface area (Å²) in [5.41, 5.74) is 2.09. The largest absolute Gasteiger partial charge is 0.491 e. The number of hydrogen-bond donors (Lipinski definition) is 1. The lowest BCUT2D eigenvalue weighted by Gasteiger charge is -2.31. The number of amides is 1. The molecule has 0 saturated carbocycles. The van der Waals surface area contributed by atoms with Crippen LogP contribution in [0.5, 0.6) is 5.75 Å². The van der Waals surface area contributed by atoms with Gasteiger partial charge < -0.3 is 10.1 Å². The van der Waals surface area contributed by atoms with Crippen molar-refractivity contribution in [3.63, 3.8) is 0 Å². The summed E-state index contributed by atoms with van der Waals surface area (Å²) < 4.78 is 33.3. The van der Waals surface area contributed by atoms with Crippen LogP contribution >= 0.6 is 0 Å². The Hall–Kier alpha value is -2.38. The average molecular weight is 459 g/mol. The monoisotopic (exact) mass is 458 g/mol. The second-order valence-electron chi connectivity index (χ2n) is 9.40. The van der Waals surface area contributed by atoms with E-state index in [1.165, 1.54) is 4.31 Å². The number of nitrogens with zero attached hydrogens (tertiary/aromatic N) is 1. The molecule has 0 bridgehead atoms. The number of aryl methyl sites for hydroxylation is 1. The number of carbonyl (C=O) groups excluding carboxylic acids is 1. The molecule has 1 aliphatic heterocycles. The molecule has 1 heterocycles. The Kier molecular flexibility index (Phi) is 7.62. The van der Waals surface area contributed by atoms with Crippen molar-refractivity contribution in [2.75, 3.05) is 26.2 Å². The van der Waals surface area contributed by atoms with Gasteiger partial charge >= 0.3 is 0 Å². The van der Waals surface area contributed by atoms with E-state index < -0.39 is 10.0 Å². The maximum Gasteiger partial charge on any atom is 0.243 e. The van der Waals surface area contributed by atoms with Gasteiger partial charge in [0.2, 0.25) is 15.9 Å². The first-order valence-electron chi connectivity index (χ1n) is 11.2. The van der Waals surface area contributed by atoms with E-state index in [0.29, 0.717) is 32.5 Å². The molecule has 1 saturated heterocycles. The molecule has 32 heavy (non-hydrogen) atoms. The van der Waals surface area contributed by atoms with Crippen LogP contribution in [0.4, 0.5) is 0 Å². The van der Waals surface area contributed by atoms with E-state index in [4.69, 9.17) is 4.74 Å². The van der Waals surface area contributed by atoms with Gasteiger partial charge in [-0.15, -0.1) is 0 Å². The number of rotatable bonds is 7. The normalized spacial score (nSPS) is 17.7. The molecule has 3 rings (SSSR count). The van der Waals surface area contributed by atoms with Crippen molar-refractivity contribution < 1.29 is 17.9 Å². The number of para-hydroxylation sites is 1. The van der Waals surface area contributed by atoms with Crippen molar-refractivity contribution >= 4 is 15.9 Å². The number of sulfonamides is 1. The number of hydrogen-bond acceptors (Lipinski definition) is 4. The first-order valence-corrected chi connectivity index (χ1v) is 12.6. The highest BCUT2D eigenvalue weighted by Crippen LogP contribution is 2.31. The second kappa shape index (κ2) is 10.0. The van der Waals surface area contributed by atoms with E-state index in [1.807, 2.05) is 25.1 Å². The third-order valence-electron chi connectivity index (χ3n) is 5.77. The molecule has 7 heteroatoms. The molecule has 2 aromatic carbocycles. The molecule has 1 fully saturated rings. The Morgan fingerprint density at radius 1 is 1.12 bits per heavy atom. The van der Waals surface area contributed by atoms with Gasteiger partial charge in [-0.1, -0.05) is 56.7 Å². The average Bonchev–Trinajstić information content (AvgIpc) is 2.76. The summed E-state index contributed by atoms with van der Waals surface area (Å²) in [5, 5.41) is 2.91. The van der Waals surface area contributed by atoms with Gasteiger partial charge in [0.1, 0.15) is 12.4 Å². The maximum absolute atomic E-state index is 13.0.